The molecular formula is C33H28Cl2N5O3-. The van der Waals surface area contributed by atoms with Gasteiger partial charge >= 0.3 is 0 Å². The number of fused-ring (bicyclic) bond motifs is 1. The minimum absolute atomic E-state index is 0.128. The summed E-state index contributed by atoms with van der Waals surface area (Å²) in [5, 5.41) is 16.3. The molecule has 1 N–H and O–H groups in total. The predicted octanol–water partition coefficient (Wildman–Crippen LogP) is 5.66. The number of nitrogens with one attached hydrogen (secondary N) is 1. The summed E-state index contributed by atoms with van der Waals surface area (Å²) < 4.78 is 2.00. The van der Waals surface area contributed by atoms with Crippen LogP contribution in [0, 0.1) is 0 Å². The van der Waals surface area contributed by atoms with E-state index < -0.39 is 6.09 Å². The second-order valence-electron chi connectivity index (χ2n) is 10.8. The maximum atomic E-state index is 13.4. The van der Waals surface area contributed by atoms with E-state index in [9.17, 15) is 14.7 Å². The number of carbonyl (C=O) groups excluding carboxylic acids is 2. The molecule has 2 aromatic heterocycles. The number of aromatic nitrogens is 3. The molecule has 0 bridgehead atoms. The molecule has 1 unspecified atom stereocenters. The van der Waals surface area contributed by atoms with Crippen molar-refractivity contribution >= 4 is 46.1 Å². The van der Waals surface area contributed by atoms with E-state index in [0.29, 0.717) is 41.5 Å². The van der Waals surface area contributed by atoms with Crippen molar-refractivity contribution in [2.75, 3.05) is 13.1 Å². The average molecular weight is 614 g/mol. The Kier molecular flexibility index (Phi) is 8.06. The van der Waals surface area contributed by atoms with Crippen molar-refractivity contribution in [2.24, 2.45) is 7.05 Å². The van der Waals surface area contributed by atoms with E-state index >= 15 is 0 Å². The minimum atomic E-state index is -1.19. The van der Waals surface area contributed by atoms with Gasteiger partial charge in [0.25, 0.3) is 5.91 Å². The average Bonchev–Trinajstić information content (AvgIpc) is 3.43. The highest BCUT2D eigenvalue weighted by Crippen LogP contribution is 2.37. The number of nitrogens with zero attached hydrogens (tertiary/aromatic N) is 4. The molecule has 0 spiro atoms. The van der Waals surface area contributed by atoms with Crippen molar-refractivity contribution in [3.8, 4) is 11.1 Å². The van der Waals surface area contributed by atoms with Crippen LogP contribution in [0.15, 0.2) is 85.3 Å². The molecule has 3 heterocycles. The molecule has 5 aromatic rings. The van der Waals surface area contributed by atoms with Gasteiger partial charge < -0.3 is 24.7 Å². The van der Waals surface area contributed by atoms with Crippen LogP contribution in [0.4, 0.5) is 4.79 Å². The quantitative estimate of drug-likeness (QED) is 0.266. The first-order valence-corrected chi connectivity index (χ1v) is 14.7. The van der Waals surface area contributed by atoms with Crippen molar-refractivity contribution < 1.29 is 14.7 Å². The Morgan fingerprint density at radius 3 is 2.37 bits per heavy atom. The van der Waals surface area contributed by atoms with Gasteiger partial charge in [-0.1, -0.05) is 53.5 Å². The summed E-state index contributed by atoms with van der Waals surface area (Å²) in [4.78, 5) is 35.0. The van der Waals surface area contributed by atoms with Crippen molar-refractivity contribution in [2.45, 2.75) is 24.8 Å². The molecule has 6 rings (SSSR count). The van der Waals surface area contributed by atoms with Gasteiger partial charge in [0.15, 0.2) is 0 Å². The predicted molar refractivity (Wildman–Crippen MR) is 165 cm³/mol. The highest BCUT2D eigenvalue weighted by Gasteiger charge is 2.24. The fourth-order valence-electron chi connectivity index (χ4n) is 5.73. The van der Waals surface area contributed by atoms with E-state index in [2.05, 4.69) is 16.4 Å². The second kappa shape index (κ2) is 12.1. The van der Waals surface area contributed by atoms with Crippen LogP contribution >= 0.6 is 23.2 Å². The number of hydrogen-bond donors (Lipinski definition) is 1. The Hall–Kier alpha value is -4.40. The van der Waals surface area contributed by atoms with E-state index in [1.165, 1.54) is 4.90 Å². The number of likely N-dealkylation sites (tertiary alicyclic amines) is 1. The lowest BCUT2D eigenvalue weighted by molar-refractivity contribution is -0.266. The van der Waals surface area contributed by atoms with Gasteiger partial charge in [0.05, 0.1) is 17.8 Å². The number of halogens is 2. The normalized spacial score (nSPS) is 14.5. The molecule has 3 aromatic carbocycles. The highest BCUT2D eigenvalue weighted by atomic mass is 35.5. The minimum Gasteiger partial charge on any atom is -0.530 e. The van der Waals surface area contributed by atoms with Crippen LogP contribution in [0.3, 0.4) is 0 Å². The third kappa shape index (κ3) is 6.07. The molecule has 1 aliphatic rings. The van der Waals surface area contributed by atoms with Crippen molar-refractivity contribution in [1.29, 1.82) is 0 Å². The topological polar surface area (TPSA) is 103 Å². The summed E-state index contributed by atoms with van der Waals surface area (Å²) in [5.41, 5.74) is 5.73. The van der Waals surface area contributed by atoms with E-state index in [1.54, 1.807) is 12.4 Å². The second-order valence-corrected chi connectivity index (χ2v) is 11.6. The molecule has 1 saturated heterocycles. The number of imidazole rings is 1. The molecule has 218 valence electrons. The fourth-order valence-corrected chi connectivity index (χ4v) is 6.05. The molecule has 10 heteroatoms. The number of rotatable bonds is 6. The first-order valence-electron chi connectivity index (χ1n) is 14.0. The Bertz CT molecular complexity index is 1810. The van der Waals surface area contributed by atoms with E-state index in [4.69, 9.17) is 28.2 Å². The number of carboxylic acid groups (broad SMARTS) is 1. The molecule has 2 amide bonds. The number of aryl methyl sites for hydroxylation is 1. The maximum absolute atomic E-state index is 13.4. The molecule has 1 fully saturated rings. The van der Waals surface area contributed by atoms with Crippen LogP contribution in [0.25, 0.3) is 22.0 Å². The largest absolute Gasteiger partial charge is 0.530 e. The van der Waals surface area contributed by atoms with Crippen molar-refractivity contribution in [3.05, 3.63) is 118 Å². The highest BCUT2D eigenvalue weighted by molar-refractivity contribution is 6.31. The van der Waals surface area contributed by atoms with Crippen LogP contribution in [0.5, 0.6) is 0 Å². The summed E-state index contributed by atoms with van der Waals surface area (Å²) in [6, 6.07) is 23.0. The van der Waals surface area contributed by atoms with Gasteiger partial charge in [-0.3, -0.25) is 4.79 Å². The van der Waals surface area contributed by atoms with E-state index in [-0.39, 0.29) is 23.6 Å². The number of piperidine rings is 1. The van der Waals surface area contributed by atoms with Crippen LogP contribution in [0.1, 0.15) is 46.1 Å². The zero-order chi connectivity index (χ0) is 30.1. The first-order chi connectivity index (χ1) is 20.8. The monoisotopic (exact) mass is 612 g/mol. The smallest absolute Gasteiger partial charge is 0.270 e. The molecular weight excluding hydrogens is 585 g/mol. The Balaban J connectivity index is 1.43. The third-order valence-corrected chi connectivity index (χ3v) is 8.46. The first kappa shape index (κ1) is 28.7. The fraction of sp³-hybridized carbons (Fsp3) is 0.212. The van der Waals surface area contributed by atoms with Gasteiger partial charge in [-0.15, -0.1) is 0 Å². The zero-order valence-electron chi connectivity index (χ0n) is 23.3. The van der Waals surface area contributed by atoms with Gasteiger partial charge in [-0.05, 0) is 77.6 Å². The summed E-state index contributed by atoms with van der Waals surface area (Å²) in [6.45, 7) is 0.640. The number of benzene rings is 3. The number of pyridine rings is 1. The maximum Gasteiger partial charge on any atom is 0.270 e. The number of carbonyl (C=O) groups is 2. The Morgan fingerprint density at radius 1 is 0.953 bits per heavy atom. The lowest BCUT2D eigenvalue weighted by atomic mass is 9.87. The van der Waals surface area contributed by atoms with Crippen LogP contribution in [-0.2, 0) is 7.05 Å². The standard InChI is InChI=1S/C33H29Cl2N5O3/c1-39-19-36-18-30(39)31(20-5-8-23(34)9-6-20)22-7-10-28-27(16-22)26(21-3-2-4-24(35)15-21)17-29(38-28)32(41)37-25-11-13-40(14-12-25)33(42)43/h2-10,15-19,25,31H,11-14H2,1H3,(H,37,41)(H,42,43)/p-1. The van der Waals surface area contributed by atoms with Gasteiger partial charge in [0.2, 0.25) is 0 Å². The van der Waals surface area contributed by atoms with E-state index in [1.807, 2.05) is 78.5 Å². The summed E-state index contributed by atoms with van der Waals surface area (Å²) in [7, 11) is 1.97. The third-order valence-electron chi connectivity index (χ3n) is 7.98. The molecule has 1 atom stereocenters. The SMILES string of the molecule is Cn1cncc1C(c1ccc(Cl)cc1)c1ccc2nc(C(=O)NC3CCN(C(=O)[O-])CC3)cc(-c3cccc(Cl)c3)c2c1. The lowest BCUT2D eigenvalue weighted by Gasteiger charge is -2.33. The van der Waals surface area contributed by atoms with Crippen molar-refractivity contribution in [3.63, 3.8) is 0 Å². The molecule has 0 aliphatic carbocycles. The van der Waals surface area contributed by atoms with Crippen LogP contribution in [-0.4, -0.2) is 50.6 Å². The zero-order valence-corrected chi connectivity index (χ0v) is 24.8. The molecule has 8 nitrogen and oxygen atoms in total. The van der Waals surface area contributed by atoms with E-state index in [0.717, 1.165) is 33.3 Å². The Morgan fingerprint density at radius 2 is 1.70 bits per heavy atom. The number of amides is 2. The lowest BCUT2D eigenvalue weighted by Crippen LogP contribution is -2.50. The molecule has 0 radical (unpaired) electrons. The van der Waals surface area contributed by atoms with Gasteiger partial charge in [0, 0.05) is 53.5 Å². The molecule has 43 heavy (non-hydrogen) atoms. The van der Waals surface area contributed by atoms with Gasteiger partial charge in [0.1, 0.15) is 11.8 Å². The Labute approximate surface area is 258 Å². The summed E-state index contributed by atoms with van der Waals surface area (Å²) in [6.07, 6.45) is 3.49. The molecule has 1 aliphatic heterocycles. The van der Waals surface area contributed by atoms with Crippen LogP contribution in [0.2, 0.25) is 10.0 Å². The number of hydrogen-bond acceptors (Lipinski definition) is 5. The van der Waals surface area contributed by atoms with Gasteiger partial charge in [-0.2, -0.15) is 0 Å². The van der Waals surface area contributed by atoms with Crippen LogP contribution < -0.4 is 10.4 Å². The summed E-state index contributed by atoms with van der Waals surface area (Å²) in [5.74, 6) is -0.439. The molecule has 0 saturated carbocycles. The summed E-state index contributed by atoms with van der Waals surface area (Å²) >= 11 is 12.6. The van der Waals surface area contributed by atoms with Gasteiger partial charge in [-0.25, -0.2) is 9.97 Å². The van der Waals surface area contributed by atoms with Crippen molar-refractivity contribution in [1.82, 2.24) is 24.8 Å².